The number of rotatable bonds is 4. The van der Waals surface area contributed by atoms with Crippen LogP contribution in [0, 0.1) is 5.82 Å². The molecule has 0 aromatic heterocycles. The number of hydrogen-bond donors (Lipinski definition) is 1. The predicted octanol–water partition coefficient (Wildman–Crippen LogP) is 2.33. The van der Waals surface area contributed by atoms with E-state index in [1.165, 1.54) is 6.07 Å². The Balaban J connectivity index is 2.26. The maximum absolute atomic E-state index is 14.1. The van der Waals surface area contributed by atoms with Gasteiger partial charge in [0.15, 0.2) is 0 Å². The molecule has 0 bridgehead atoms. The number of likely N-dealkylation sites (tertiary alicyclic amines) is 1. The van der Waals surface area contributed by atoms with Gasteiger partial charge in [-0.3, -0.25) is 4.90 Å². The summed E-state index contributed by atoms with van der Waals surface area (Å²) in [6.45, 7) is 2.40. The maximum atomic E-state index is 14.1. The first-order valence-electron chi connectivity index (χ1n) is 6.97. The number of halogens is 1. The van der Waals surface area contributed by atoms with Gasteiger partial charge in [0.25, 0.3) is 0 Å². The summed E-state index contributed by atoms with van der Waals surface area (Å²) in [4.78, 5) is 2.26. The molecule has 106 valence electrons. The van der Waals surface area contributed by atoms with Crippen LogP contribution >= 0.6 is 0 Å². The highest BCUT2D eigenvalue weighted by Crippen LogP contribution is 2.30. The molecule has 2 atom stereocenters. The molecule has 1 heterocycles. The normalized spacial score (nSPS) is 25.2. The minimum atomic E-state index is -0.160. The predicted molar refractivity (Wildman–Crippen MR) is 74.4 cm³/mol. The zero-order valence-electron chi connectivity index (χ0n) is 11.5. The Bertz CT molecular complexity index is 399. The van der Waals surface area contributed by atoms with Gasteiger partial charge in [-0.05, 0) is 25.5 Å². The van der Waals surface area contributed by atoms with Crippen LogP contribution in [0.2, 0.25) is 0 Å². The van der Waals surface area contributed by atoms with Gasteiger partial charge >= 0.3 is 0 Å². The van der Waals surface area contributed by atoms with E-state index in [-0.39, 0.29) is 17.9 Å². The van der Waals surface area contributed by atoms with Crippen LogP contribution in [0.5, 0.6) is 0 Å². The van der Waals surface area contributed by atoms with E-state index in [4.69, 9.17) is 10.5 Å². The van der Waals surface area contributed by atoms with Gasteiger partial charge in [-0.15, -0.1) is 0 Å². The number of benzene rings is 1. The topological polar surface area (TPSA) is 38.5 Å². The lowest BCUT2D eigenvalue weighted by molar-refractivity contribution is 0.113. The third-order valence-corrected chi connectivity index (χ3v) is 3.84. The summed E-state index contributed by atoms with van der Waals surface area (Å²) in [5, 5.41) is 0. The molecule has 0 saturated carbocycles. The third-order valence-electron chi connectivity index (χ3n) is 3.84. The van der Waals surface area contributed by atoms with Crippen LogP contribution in [0.25, 0.3) is 0 Å². The first-order chi connectivity index (χ1) is 9.24. The minimum absolute atomic E-state index is 0.0174. The van der Waals surface area contributed by atoms with Crippen molar-refractivity contribution in [2.75, 3.05) is 26.8 Å². The van der Waals surface area contributed by atoms with E-state index in [9.17, 15) is 4.39 Å². The molecule has 0 spiro atoms. The molecule has 0 radical (unpaired) electrons. The zero-order chi connectivity index (χ0) is 13.7. The highest BCUT2D eigenvalue weighted by Gasteiger charge is 2.30. The number of methoxy groups -OCH3 is 1. The van der Waals surface area contributed by atoms with Gasteiger partial charge in [0.1, 0.15) is 5.82 Å². The Labute approximate surface area is 114 Å². The lowest BCUT2D eigenvalue weighted by Gasteiger charge is -2.33. The molecule has 3 nitrogen and oxygen atoms in total. The molecule has 1 saturated heterocycles. The highest BCUT2D eigenvalue weighted by atomic mass is 19.1. The minimum Gasteiger partial charge on any atom is -0.383 e. The third kappa shape index (κ3) is 3.53. The lowest BCUT2D eigenvalue weighted by Crippen LogP contribution is -2.41. The molecule has 0 amide bonds. The Morgan fingerprint density at radius 2 is 2.16 bits per heavy atom. The number of ether oxygens (including phenoxy) is 1. The first-order valence-corrected chi connectivity index (χ1v) is 6.97. The van der Waals surface area contributed by atoms with Crippen molar-refractivity contribution >= 4 is 0 Å². The summed E-state index contributed by atoms with van der Waals surface area (Å²) >= 11 is 0. The average Bonchev–Trinajstić information content (AvgIpc) is 2.59. The summed E-state index contributed by atoms with van der Waals surface area (Å²) in [6.07, 6.45) is 3.17. The van der Waals surface area contributed by atoms with E-state index in [0.29, 0.717) is 12.2 Å². The van der Waals surface area contributed by atoms with Crippen molar-refractivity contribution in [3.05, 3.63) is 35.6 Å². The summed E-state index contributed by atoms with van der Waals surface area (Å²) in [6, 6.07) is 6.91. The molecular formula is C15H23FN2O. The van der Waals surface area contributed by atoms with Crippen molar-refractivity contribution in [3.63, 3.8) is 0 Å². The van der Waals surface area contributed by atoms with Crippen LogP contribution in [-0.2, 0) is 4.74 Å². The molecular weight excluding hydrogens is 243 g/mol. The second-order valence-electron chi connectivity index (χ2n) is 5.15. The molecule has 2 unspecified atom stereocenters. The van der Waals surface area contributed by atoms with E-state index in [2.05, 4.69) is 4.90 Å². The van der Waals surface area contributed by atoms with Gasteiger partial charge in [-0.2, -0.15) is 0 Å². The second-order valence-corrected chi connectivity index (χ2v) is 5.15. The van der Waals surface area contributed by atoms with Crippen molar-refractivity contribution in [1.29, 1.82) is 0 Å². The standard InChI is InChI=1S/C15H23FN2O/c1-19-11-10-18-9-5-4-8-14(17)15(18)12-6-2-3-7-13(12)16/h2-3,6-7,14-15H,4-5,8-11,17H2,1H3. The van der Waals surface area contributed by atoms with Crippen molar-refractivity contribution in [1.82, 2.24) is 4.90 Å². The Morgan fingerprint density at radius 3 is 2.89 bits per heavy atom. The summed E-state index contributed by atoms with van der Waals surface area (Å²) in [7, 11) is 1.69. The molecule has 1 fully saturated rings. The molecule has 0 aliphatic carbocycles. The quantitative estimate of drug-likeness (QED) is 0.909. The summed E-state index contributed by atoms with van der Waals surface area (Å²) in [5.41, 5.74) is 7.01. The molecule has 1 aromatic carbocycles. The average molecular weight is 266 g/mol. The van der Waals surface area contributed by atoms with Gasteiger partial charge in [-0.1, -0.05) is 24.6 Å². The van der Waals surface area contributed by atoms with Crippen LogP contribution in [0.4, 0.5) is 4.39 Å². The van der Waals surface area contributed by atoms with Crippen molar-refractivity contribution in [2.24, 2.45) is 5.73 Å². The molecule has 2 rings (SSSR count). The van der Waals surface area contributed by atoms with Crippen LogP contribution in [-0.4, -0.2) is 37.7 Å². The van der Waals surface area contributed by atoms with Gasteiger partial charge in [0.2, 0.25) is 0 Å². The largest absolute Gasteiger partial charge is 0.383 e. The maximum Gasteiger partial charge on any atom is 0.128 e. The van der Waals surface area contributed by atoms with Gasteiger partial charge in [0, 0.05) is 25.3 Å². The smallest absolute Gasteiger partial charge is 0.128 e. The van der Waals surface area contributed by atoms with E-state index in [0.717, 1.165) is 32.4 Å². The molecule has 2 N–H and O–H groups in total. The summed E-state index contributed by atoms with van der Waals surface area (Å²) in [5.74, 6) is -0.160. The monoisotopic (exact) mass is 266 g/mol. The second kappa shape index (κ2) is 6.98. The van der Waals surface area contributed by atoms with Crippen LogP contribution in [0.1, 0.15) is 30.9 Å². The van der Waals surface area contributed by atoms with Crippen molar-refractivity contribution in [2.45, 2.75) is 31.3 Å². The van der Waals surface area contributed by atoms with Crippen LogP contribution in [0.15, 0.2) is 24.3 Å². The lowest BCUT2D eigenvalue weighted by atomic mass is 9.96. The molecule has 1 aromatic rings. The van der Waals surface area contributed by atoms with Crippen molar-refractivity contribution in [3.8, 4) is 0 Å². The fourth-order valence-corrected chi connectivity index (χ4v) is 2.86. The Hall–Kier alpha value is -0.970. The Kier molecular flexibility index (Phi) is 5.31. The summed E-state index contributed by atoms with van der Waals surface area (Å²) < 4.78 is 19.2. The molecule has 4 heteroatoms. The van der Waals surface area contributed by atoms with Crippen LogP contribution < -0.4 is 5.73 Å². The van der Waals surface area contributed by atoms with Gasteiger partial charge in [-0.25, -0.2) is 4.39 Å². The van der Waals surface area contributed by atoms with E-state index < -0.39 is 0 Å². The van der Waals surface area contributed by atoms with E-state index in [1.807, 2.05) is 12.1 Å². The van der Waals surface area contributed by atoms with Gasteiger partial charge in [0.05, 0.1) is 12.6 Å². The fraction of sp³-hybridized carbons (Fsp3) is 0.600. The highest BCUT2D eigenvalue weighted by molar-refractivity contribution is 5.23. The van der Waals surface area contributed by atoms with Crippen molar-refractivity contribution < 1.29 is 9.13 Å². The fourth-order valence-electron chi connectivity index (χ4n) is 2.86. The Morgan fingerprint density at radius 1 is 1.37 bits per heavy atom. The van der Waals surface area contributed by atoms with Crippen LogP contribution in [0.3, 0.4) is 0 Å². The SMILES string of the molecule is COCCN1CCCCC(N)C1c1ccccc1F. The van der Waals surface area contributed by atoms with E-state index >= 15 is 0 Å². The molecule has 1 aliphatic rings. The number of nitrogens with zero attached hydrogens (tertiary/aromatic N) is 1. The van der Waals surface area contributed by atoms with E-state index in [1.54, 1.807) is 13.2 Å². The molecule has 1 aliphatic heterocycles. The number of nitrogens with two attached hydrogens (primary N) is 1. The molecule has 19 heavy (non-hydrogen) atoms. The first kappa shape index (κ1) is 14.4. The number of hydrogen-bond acceptors (Lipinski definition) is 3. The zero-order valence-corrected chi connectivity index (χ0v) is 11.5. The van der Waals surface area contributed by atoms with Gasteiger partial charge < -0.3 is 10.5 Å².